The molecule has 0 N–H and O–H groups in total. The van der Waals surface area contributed by atoms with E-state index in [2.05, 4.69) is 65.8 Å². The molecule has 0 aromatic heterocycles. The molecule has 114 valence electrons. The van der Waals surface area contributed by atoms with Crippen molar-refractivity contribution in [2.75, 3.05) is 0 Å². The van der Waals surface area contributed by atoms with Gasteiger partial charge in [-0.05, 0) is 73.1 Å². The molecule has 0 saturated carbocycles. The Kier molecular flexibility index (Phi) is 11.1. The maximum absolute atomic E-state index is 2.41. The summed E-state index contributed by atoms with van der Waals surface area (Å²) in [4.78, 5) is 0. The predicted molar refractivity (Wildman–Crippen MR) is 94.1 cm³/mol. The molecule has 0 unspecified atom stereocenters. The number of hydrogen-bond donors (Lipinski definition) is 0. The lowest BCUT2D eigenvalue weighted by Gasteiger charge is -2.01. The molecule has 20 heavy (non-hydrogen) atoms. The summed E-state index contributed by atoms with van der Waals surface area (Å²) in [5.41, 5.74) is 5.95. The molecule has 0 aliphatic rings. The highest BCUT2D eigenvalue weighted by Crippen LogP contribution is 2.12. The molecule has 0 rings (SSSR count). The average Bonchev–Trinajstić information content (AvgIpc) is 2.38. The van der Waals surface area contributed by atoms with Gasteiger partial charge >= 0.3 is 0 Å². The minimum absolute atomic E-state index is 1.09. The van der Waals surface area contributed by atoms with Crippen LogP contribution in [0.3, 0.4) is 0 Å². The van der Waals surface area contributed by atoms with Crippen molar-refractivity contribution in [3.8, 4) is 0 Å². The quantitative estimate of drug-likeness (QED) is 0.391. The summed E-state index contributed by atoms with van der Waals surface area (Å²) >= 11 is 0. The lowest BCUT2D eigenvalue weighted by molar-refractivity contribution is 0.915. The standard InChI is InChI=1S/C20H34/c1-7-18(4)12-9-14-20(6)16-10-15-19(5)13-8-11-17(2)3/h11-12,14-15H,7-10,13,16H2,1-6H3/b18-12-,19-15+,20-14+. The van der Waals surface area contributed by atoms with Gasteiger partial charge in [-0.15, -0.1) is 0 Å². The van der Waals surface area contributed by atoms with Gasteiger partial charge in [-0.1, -0.05) is 53.5 Å². The summed E-state index contributed by atoms with van der Waals surface area (Å²) in [6.07, 6.45) is 16.4. The van der Waals surface area contributed by atoms with Gasteiger partial charge in [0.25, 0.3) is 0 Å². The largest absolute Gasteiger partial charge is 0.0856 e. The molecule has 0 aliphatic carbocycles. The Morgan fingerprint density at radius 3 is 1.70 bits per heavy atom. The molecule has 0 fully saturated rings. The van der Waals surface area contributed by atoms with Gasteiger partial charge in [0, 0.05) is 0 Å². The molecular weight excluding hydrogens is 240 g/mol. The maximum atomic E-state index is 2.41. The van der Waals surface area contributed by atoms with Crippen LogP contribution in [0, 0.1) is 0 Å². The molecule has 0 spiro atoms. The Morgan fingerprint density at radius 2 is 1.15 bits per heavy atom. The first-order chi connectivity index (χ1) is 9.45. The lowest BCUT2D eigenvalue weighted by atomic mass is 10.1. The van der Waals surface area contributed by atoms with Gasteiger partial charge in [0.05, 0.1) is 0 Å². The van der Waals surface area contributed by atoms with Gasteiger partial charge in [-0.3, -0.25) is 0 Å². The van der Waals surface area contributed by atoms with Crippen molar-refractivity contribution in [3.05, 3.63) is 46.6 Å². The molecule has 0 amide bonds. The highest BCUT2D eigenvalue weighted by Gasteiger charge is 1.92. The van der Waals surface area contributed by atoms with Crippen LogP contribution in [0.2, 0.25) is 0 Å². The van der Waals surface area contributed by atoms with Gasteiger partial charge < -0.3 is 0 Å². The molecule has 0 heteroatoms. The van der Waals surface area contributed by atoms with Crippen LogP contribution in [0.1, 0.15) is 80.1 Å². The zero-order chi connectivity index (χ0) is 15.4. The van der Waals surface area contributed by atoms with E-state index >= 15 is 0 Å². The van der Waals surface area contributed by atoms with E-state index in [-0.39, 0.29) is 0 Å². The van der Waals surface area contributed by atoms with E-state index in [1.54, 1.807) is 0 Å². The minimum Gasteiger partial charge on any atom is -0.0856 e. The molecule has 0 bridgehead atoms. The summed E-state index contributed by atoms with van der Waals surface area (Å²) in [5.74, 6) is 0. The van der Waals surface area contributed by atoms with Crippen molar-refractivity contribution in [2.45, 2.75) is 80.1 Å². The molecule has 0 atom stereocenters. The van der Waals surface area contributed by atoms with Crippen molar-refractivity contribution >= 4 is 0 Å². The summed E-state index contributed by atoms with van der Waals surface area (Å²) in [5, 5.41) is 0. The third-order valence-corrected chi connectivity index (χ3v) is 3.61. The summed E-state index contributed by atoms with van der Waals surface area (Å²) in [7, 11) is 0. The molecule has 0 aromatic carbocycles. The second-order valence-electron chi connectivity index (χ2n) is 6.10. The first-order valence-corrected chi connectivity index (χ1v) is 8.06. The predicted octanol–water partition coefficient (Wildman–Crippen LogP) is 7.15. The van der Waals surface area contributed by atoms with E-state index in [0.717, 1.165) is 6.42 Å². The van der Waals surface area contributed by atoms with Crippen LogP contribution in [0.25, 0.3) is 0 Å². The van der Waals surface area contributed by atoms with Crippen LogP contribution in [0.5, 0.6) is 0 Å². The van der Waals surface area contributed by atoms with Crippen molar-refractivity contribution < 1.29 is 0 Å². The van der Waals surface area contributed by atoms with Crippen LogP contribution >= 0.6 is 0 Å². The highest BCUT2D eigenvalue weighted by molar-refractivity contribution is 5.08. The number of allylic oxidation sites excluding steroid dienone is 8. The number of hydrogen-bond acceptors (Lipinski definition) is 0. The van der Waals surface area contributed by atoms with Gasteiger partial charge in [0.1, 0.15) is 0 Å². The van der Waals surface area contributed by atoms with Crippen LogP contribution in [-0.2, 0) is 0 Å². The van der Waals surface area contributed by atoms with Gasteiger partial charge in [0.2, 0.25) is 0 Å². The Labute approximate surface area is 127 Å². The van der Waals surface area contributed by atoms with Crippen molar-refractivity contribution in [1.29, 1.82) is 0 Å². The van der Waals surface area contributed by atoms with Crippen molar-refractivity contribution in [3.63, 3.8) is 0 Å². The molecule has 0 aliphatic heterocycles. The van der Waals surface area contributed by atoms with Gasteiger partial charge in [-0.2, -0.15) is 0 Å². The average molecular weight is 274 g/mol. The smallest absolute Gasteiger partial charge is 0.0164 e. The summed E-state index contributed by atoms with van der Waals surface area (Å²) in [6, 6.07) is 0. The first-order valence-electron chi connectivity index (χ1n) is 8.06. The molecule has 0 radical (unpaired) electrons. The van der Waals surface area contributed by atoms with Crippen LogP contribution in [0.4, 0.5) is 0 Å². The SMILES string of the molecule is CC/C(C)=C\C/C=C(\C)CC/C=C(\C)CCC=C(C)C. The topological polar surface area (TPSA) is 0 Å². The fourth-order valence-corrected chi connectivity index (χ4v) is 1.94. The van der Waals surface area contributed by atoms with Crippen LogP contribution in [-0.4, -0.2) is 0 Å². The monoisotopic (exact) mass is 274 g/mol. The molecule has 0 heterocycles. The second-order valence-corrected chi connectivity index (χ2v) is 6.10. The van der Waals surface area contributed by atoms with E-state index in [1.165, 1.54) is 54.4 Å². The second kappa shape index (κ2) is 11.8. The summed E-state index contributed by atoms with van der Waals surface area (Å²) in [6.45, 7) is 13.3. The van der Waals surface area contributed by atoms with E-state index in [1.807, 2.05) is 0 Å². The zero-order valence-electron chi connectivity index (χ0n) is 14.6. The van der Waals surface area contributed by atoms with Gasteiger partial charge in [-0.25, -0.2) is 0 Å². The van der Waals surface area contributed by atoms with Crippen LogP contribution in [0.15, 0.2) is 46.6 Å². The highest BCUT2D eigenvalue weighted by atomic mass is 14.0. The fourth-order valence-electron chi connectivity index (χ4n) is 1.94. The lowest BCUT2D eigenvalue weighted by Crippen LogP contribution is -1.81. The minimum atomic E-state index is 1.09. The molecule has 0 aromatic rings. The Hall–Kier alpha value is -1.04. The third-order valence-electron chi connectivity index (χ3n) is 3.61. The van der Waals surface area contributed by atoms with E-state index in [4.69, 9.17) is 0 Å². The maximum Gasteiger partial charge on any atom is -0.0164 e. The molecular formula is C20H34. The Bertz CT molecular complexity index is 371. The van der Waals surface area contributed by atoms with E-state index in [0.29, 0.717) is 0 Å². The molecule has 0 nitrogen and oxygen atoms in total. The van der Waals surface area contributed by atoms with E-state index in [9.17, 15) is 0 Å². The Morgan fingerprint density at radius 1 is 0.650 bits per heavy atom. The number of rotatable bonds is 9. The normalized spacial score (nSPS) is 13.6. The van der Waals surface area contributed by atoms with Crippen molar-refractivity contribution in [1.82, 2.24) is 0 Å². The third kappa shape index (κ3) is 12.0. The first kappa shape index (κ1) is 19.0. The summed E-state index contributed by atoms with van der Waals surface area (Å²) < 4.78 is 0. The van der Waals surface area contributed by atoms with Gasteiger partial charge in [0.15, 0.2) is 0 Å². The molecule has 0 saturated heterocycles. The Balaban J connectivity index is 3.97. The van der Waals surface area contributed by atoms with E-state index < -0.39 is 0 Å². The zero-order valence-corrected chi connectivity index (χ0v) is 14.6. The fraction of sp³-hybridized carbons (Fsp3) is 0.600. The van der Waals surface area contributed by atoms with Crippen molar-refractivity contribution in [2.24, 2.45) is 0 Å². The van der Waals surface area contributed by atoms with Crippen LogP contribution < -0.4 is 0 Å².